The van der Waals surface area contributed by atoms with Crippen molar-refractivity contribution in [3.05, 3.63) is 95.4 Å². The quantitative estimate of drug-likeness (QED) is 0.444. The number of benzene rings is 3. The van der Waals surface area contributed by atoms with Crippen molar-refractivity contribution < 1.29 is 5.11 Å². The molecule has 0 aliphatic carbocycles. The molecule has 0 bridgehead atoms. The second-order valence-corrected chi connectivity index (χ2v) is 7.82. The number of aliphatic hydroxyl groups is 1. The first-order valence-electron chi connectivity index (χ1n) is 10.1. The fourth-order valence-electron chi connectivity index (χ4n) is 4.05. The van der Waals surface area contributed by atoms with Crippen molar-refractivity contribution in [1.82, 2.24) is 14.5 Å². The molecule has 5 aromatic rings. The van der Waals surface area contributed by atoms with Crippen LogP contribution >= 0.6 is 0 Å². The zero-order chi connectivity index (χ0) is 20.7. The van der Waals surface area contributed by atoms with Gasteiger partial charge in [0.1, 0.15) is 12.4 Å². The van der Waals surface area contributed by atoms with E-state index in [1.54, 1.807) is 0 Å². The Bertz CT molecular complexity index is 1380. The van der Waals surface area contributed by atoms with E-state index < -0.39 is 0 Å². The van der Waals surface area contributed by atoms with Crippen molar-refractivity contribution in [3.63, 3.8) is 0 Å². The zero-order valence-electron chi connectivity index (χ0n) is 17.1. The average molecular weight is 393 g/mol. The molecule has 0 radical (unpaired) electrons. The number of aromatic nitrogens is 3. The highest BCUT2D eigenvalue weighted by Crippen LogP contribution is 2.28. The highest BCUT2D eigenvalue weighted by Gasteiger charge is 2.13. The number of aryl methyl sites for hydroxylation is 2. The van der Waals surface area contributed by atoms with Gasteiger partial charge in [0.25, 0.3) is 0 Å². The van der Waals surface area contributed by atoms with E-state index in [1.807, 2.05) is 18.3 Å². The predicted octanol–water partition coefficient (Wildman–Crippen LogP) is 5.41. The molecule has 1 N–H and O–H groups in total. The molecule has 2 aromatic heterocycles. The summed E-state index contributed by atoms with van der Waals surface area (Å²) in [6.07, 6.45) is 1.82. The molecule has 0 atom stereocenters. The summed E-state index contributed by atoms with van der Waals surface area (Å²) in [6, 6.07) is 23.2. The Labute approximate surface area is 175 Å². The van der Waals surface area contributed by atoms with E-state index in [0.717, 1.165) is 33.1 Å². The number of hydrogen-bond donors (Lipinski definition) is 1. The summed E-state index contributed by atoms with van der Waals surface area (Å²) in [5, 5.41) is 11.1. The van der Waals surface area contributed by atoms with Gasteiger partial charge >= 0.3 is 0 Å². The zero-order valence-corrected chi connectivity index (χ0v) is 17.1. The topological polar surface area (TPSA) is 50.9 Å². The molecule has 5 rings (SSSR count). The Morgan fingerprint density at radius 2 is 1.67 bits per heavy atom. The van der Waals surface area contributed by atoms with Crippen LogP contribution in [0.25, 0.3) is 33.1 Å². The summed E-state index contributed by atoms with van der Waals surface area (Å²) >= 11 is 0. The van der Waals surface area contributed by atoms with Crippen LogP contribution in [0.15, 0.2) is 72.9 Å². The molecule has 0 fully saturated rings. The maximum atomic E-state index is 9.94. The van der Waals surface area contributed by atoms with E-state index in [0.29, 0.717) is 12.4 Å². The van der Waals surface area contributed by atoms with Crippen molar-refractivity contribution in [2.24, 2.45) is 0 Å². The molecule has 148 valence electrons. The molecule has 0 aliphatic rings. The highest BCUT2D eigenvalue weighted by atomic mass is 16.3. The fraction of sp³-hybridized carbons (Fsp3) is 0.154. The van der Waals surface area contributed by atoms with Gasteiger partial charge in [0.2, 0.25) is 0 Å². The third-order valence-electron chi connectivity index (χ3n) is 5.74. The molecule has 4 heteroatoms. The van der Waals surface area contributed by atoms with E-state index in [-0.39, 0.29) is 6.61 Å². The third kappa shape index (κ3) is 3.25. The standard InChI is InChI=1S/C26H23N3O/c1-17-5-6-18(2)22(12-17)15-29-25-14-20(8-10-24(25)28-26(29)16-30)19-7-9-23-21(13-19)4-3-11-27-23/h3-14,30H,15-16H2,1-2H3. The Hall–Kier alpha value is -3.50. The molecule has 2 heterocycles. The molecule has 0 amide bonds. The molecular formula is C26H23N3O. The molecule has 3 aromatic carbocycles. The van der Waals surface area contributed by atoms with Crippen molar-refractivity contribution in [1.29, 1.82) is 0 Å². The van der Waals surface area contributed by atoms with Gasteiger partial charge in [-0.3, -0.25) is 4.98 Å². The fourth-order valence-corrected chi connectivity index (χ4v) is 4.05. The van der Waals surface area contributed by atoms with E-state index in [2.05, 4.69) is 83.0 Å². The van der Waals surface area contributed by atoms with Gasteiger partial charge in [-0.15, -0.1) is 0 Å². The van der Waals surface area contributed by atoms with Crippen LogP contribution in [0.4, 0.5) is 0 Å². The first kappa shape index (κ1) is 18.5. The lowest BCUT2D eigenvalue weighted by molar-refractivity contribution is 0.267. The van der Waals surface area contributed by atoms with E-state index in [4.69, 9.17) is 0 Å². The Balaban J connectivity index is 1.64. The lowest BCUT2D eigenvalue weighted by Gasteiger charge is -2.12. The van der Waals surface area contributed by atoms with Crippen LogP contribution in [0.3, 0.4) is 0 Å². The second-order valence-electron chi connectivity index (χ2n) is 7.82. The van der Waals surface area contributed by atoms with Crippen LogP contribution in [-0.2, 0) is 13.2 Å². The first-order chi connectivity index (χ1) is 14.6. The summed E-state index contributed by atoms with van der Waals surface area (Å²) in [5.41, 5.74) is 8.90. The molecule has 0 unspecified atom stereocenters. The molecule has 0 saturated carbocycles. The normalized spacial score (nSPS) is 11.4. The van der Waals surface area contributed by atoms with Crippen LogP contribution in [0.2, 0.25) is 0 Å². The van der Waals surface area contributed by atoms with Crippen LogP contribution in [0, 0.1) is 13.8 Å². The first-order valence-corrected chi connectivity index (χ1v) is 10.1. The number of hydrogen-bond acceptors (Lipinski definition) is 3. The SMILES string of the molecule is Cc1ccc(C)c(Cn2c(CO)nc3ccc(-c4ccc5ncccc5c4)cc32)c1. The van der Waals surface area contributed by atoms with Crippen LogP contribution in [0.1, 0.15) is 22.5 Å². The van der Waals surface area contributed by atoms with Gasteiger partial charge in [0.15, 0.2) is 0 Å². The molecule has 30 heavy (non-hydrogen) atoms. The van der Waals surface area contributed by atoms with E-state index in [9.17, 15) is 5.11 Å². The molecular weight excluding hydrogens is 370 g/mol. The van der Waals surface area contributed by atoms with Gasteiger partial charge in [-0.25, -0.2) is 4.98 Å². The molecule has 0 spiro atoms. The van der Waals surface area contributed by atoms with Crippen LogP contribution in [-0.4, -0.2) is 19.6 Å². The molecule has 4 nitrogen and oxygen atoms in total. The van der Waals surface area contributed by atoms with Gasteiger partial charge in [0, 0.05) is 18.1 Å². The van der Waals surface area contributed by atoms with Crippen LogP contribution in [0.5, 0.6) is 0 Å². The number of nitrogens with zero attached hydrogens (tertiary/aromatic N) is 3. The van der Waals surface area contributed by atoms with Crippen molar-refractivity contribution >= 4 is 21.9 Å². The van der Waals surface area contributed by atoms with Crippen LogP contribution < -0.4 is 0 Å². The summed E-state index contributed by atoms with van der Waals surface area (Å²) < 4.78 is 2.13. The summed E-state index contributed by atoms with van der Waals surface area (Å²) in [4.78, 5) is 9.08. The Morgan fingerprint density at radius 1 is 0.867 bits per heavy atom. The summed E-state index contributed by atoms with van der Waals surface area (Å²) in [6.45, 7) is 4.83. The minimum atomic E-state index is -0.0868. The third-order valence-corrected chi connectivity index (χ3v) is 5.74. The smallest absolute Gasteiger partial charge is 0.136 e. The highest BCUT2D eigenvalue weighted by molar-refractivity contribution is 5.87. The van der Waals surface area contributed by atoms with Crippen molar-refractivity contribution in [2.45, 2.75) is 27.0 Å². The number of rotatable bonds is 4. The lowest BCUT2D eigenvalue weighted by atomic mass is 10.0. The maximum Gasteiger partial charge on any atom is 0.136 e. The summed E-state index contributed by atoms with van der Waals surface area (Å²) in [7, 11) is 0. The Morgan fingerprint density at radius 3 is 2.50 bits per heavy atom. The maximum absolute atomic E-state index is 9.94. The monoisotopic (exact) mass is 393 g/mol. The largest absolute Gasteiger partial charge is 0.388 e. The minimum Gasteiger partial charge on any atom is -0.388 e. The van der Waals surface area contributed by atoms with Gasteiger partial charge in [-0.1, -0.05) is 42.0 Å². The van der Waals surface area contributed by atoms with Gasteiger partial charge < -0.3 is 9.67 Å². The van der Waals surface area contributed by atoms with Gasteiger partial charge in [0.05, 0.1) is 16.6 Å². The van der Waals surface area contributed by atoms with Gasteiger partial charge in [-0.05, 0) is 66.4 Å². The number of fused-ring (bicyclic) bond motifs is 2. The van der Waals surface area contributed by atoms with Gasteiger partial charge in [-0.2, -0.15) is 0 Å². The number of imidazole rings is 1. The second kappa shape index (κ2) is 7.39. The van der Waals surface area contributed by atoms with Crippen molar-refractivity contribution in [3.8, 4) is 11.1 Å². The van der Waals surface area contributed by atoms with Crippen molar-refractivity contribution in [2.75, 3.05) is 0 Å². The number of aliphatic hydroxyl groups excluding tert-OH is 1. The van der Waals surface area contributed by atoms with E-state index in [1.165, 1.54) is 16.7 Å². The molecule has 0 aliphatic heterocycles. The average Bonchev–Trinajstić information content (AvgIpc) is 3.12. The summed E-state index contributed by atoms with van der Waals surface area (Å²) in [5.74, 6) is 0.686. The number of pyridine rings is 1. The Kier molecular flexibility index (Phi) is 4.57. The lowest BCUT2D eigenvalue weighted by Crippen LogP contribution is -2.06. The van der Waals surface area contributed by atoms with E-state index >= 15 is 0 Å². The predicted molar refractivity (Wildman–Crippen MR) is 121 cm³/mol. The molecule has 0 saturated heterocycles. The minimum absolute atomic E-state index is 0.0868.